The molecule has 0 aliphatic heterocycles. The average Bonchev–Trinajstić information content (AvgIpc) is 3.27. The number of amides is 1. The molecule has 0 radical (unpaired) electrons. The Balaban J connectivity index is 3.47. The first kappa shape index (κ1) is 60.3. The topological polar surface area (TPSA) is 95.9 Å². The van der Waals surface area contributed by atoms with Gasteiger partial charge in [-0.2, -0.15) is 0 Å². The van der Waals surface area contributed by atoms with E-state index in [4.69, 9.17) is 4.74 Å². The molecular formula is C56H107NO5. The molecule has 2 atom stereocenters. The first-order chi connectivity index (χ1) is 30.5. The molecule has 0 rings (SSSR count). The Morgan fingerprint density at radius 1 is 0.435 bits per heavy atom. The SMILES string of the molecule is CCCCCCCCCCCCC/C=C/C(O)C(CO)NC(=O)CCCCCCC/C=C\CCCCCCCCCOC(=O)CCCCCCCCCCCCCCCCCC. The predicted molar refractivity (Wildman–Crippen MR) is 269 cm³/mol. The van der Waals surface area contributed by atoms with Crippen LogP contribution in [0.3, 0.4) is 0 Å². The summed E-state index contributed by atoms with van der Waals surface area (Å²) in [5.74, 6) is -0.0855. The standard InChI is InChI=1S/C56H107NO5/c1-3-5-7-9-11-13-15-17-18-22-26-30-34-38-42-46-50-56(61)62-51-47-43-39-35-31-27-23-20-19-21-25-29-33-37-41-45-49-55(60)57-53(52-58)54(59)48-44-40-36-32-28-24-16-14-12-10-8-6-4-2/h19,21,44,48,53-54,58-59H,3-18,20,22-43,45-47,49-52H2,1-2H3,(H,57,60)/b21-19-,48-44+. The van der Waals surface area contributed by atoms with Gasteiger partial charge in [0.05, 0.1) is 25.4 Å². The van der Waals surface area contributed by atoms with Crippen molar-refractivity contribution < 1.29 is 24.5 Å². The molecule has 1 amide bonds. The van der Waals surface area contributed by atoms with Crippen molar-refractivity contribution in [2.45, 2.75) is 309 Å². The van der Waals surface area contributed by atoms with Crippen LogP contribution in [0, 0.1) is 0 Å². The van der Waals surface area contributed by atoms with Gasteiger partial charge in [-0.15, -0.1) is 0 Å². The minimum Gasteiger partial charge on any atom is -0.466 e. The summed E-state index contributed by atoms with van der Waals surface area (Å²) in [4.78, 5) is 24.5. The number of aliphatic hydroxyl groups is 2. The normalized spacial score (nSPS) is 12.8. The van der Waals surface area contributed by atoms with Crippen molar-refractivity contribution in [1.82, 2.24) is 5.32 Å². The summed E-state index contributed by atoms with van der Waals surface area (Å²) in [6.07, 6.45) is 61.9. The summed E-state index contributed by atoms with van der Waals surface area (Å²) in [6.45, 7) is 4.88. The number of nitrogens with one attached hydrogen (secondary N) is 1. The van der Waals surface area contributed by atoms with Crippen LogP contribution < -0.4 is 5.32 Å². The Kier molecular flexibility index (Phi) is 50.6. The molecule has 0 fully saturated rings. The lowest BCUT2D eigenvalue weighted by atomic mass is 10.0. The minimum atomic E-state index is -0.853. The molecule has 0 heterocycles. The maximum atomic E-state index is 12.4. The highest BCUT2D eigenvalue weighted by atomic mass is 16.5. The fraction of sp³-hybridized carbons (Fsp3) is 0.893. The molecule has 366 valence electrons. The third kappa shape index (κ3) is 47.8. The van der Waals surface area contributed by atoms with Crippen LogP contribution in [0.5, 0.6) is 0 Å². The highest BCUT2D eigenvalue weighted by Crippen LogP contribution is 2.16. The minimum absolute atomic E-state index is 0.000573. The van der Waals surface area contributed by atoms with E-state index in [0.717, 1.165) is 64.2 Å². The number of carbonyl (C=O) groups excluding carboxylic acids is 2. The smallest absolute Gasteiger partial charge is 0.305 e. The number of hydrogen-bond donors (Lipinski definition) is 3. The molecule has 6 heteroatoms. The van der Waals surface area contributed by atoms with Crippen LogP contribution in [0.2, 0.25) is 0 Å². The van der Waals surface area contributed by atoms with E-state index >= 15 is 0 Å². The number of hydrogen-bond acceptors (Lipinski definition) is 5. The van der Waals surface area contributed by atoms with Crippen LogP contribution in [0.1, 0.15) is 296 Å². The number of aliphatic hydroxyl groups excluding tert-OH is 2. The average molecular weight is 874 g/mol. The number of rotatable bonds is 51. The summed E-state index contributed by atoms with van der Waals surface area (Å²) < 4.78 is 5.47. The van der Waals surface area contributed by atoms with Gasteiger partial charge in [0, 0.05) is 12.8 Å². The van der Waals surface area contributed by atoms with Crippen LogP contribution in [0.4, 0.5) is 0 Å². The van der Waals surface area contributed by atoms with Crippen molar-refractivity contribution >= 4 is 11.9 Å². The van der Waals surface area contributed by atoms with Crippen molar-refractivity contribution in [3.05, 3.63) is 24.3 Å². The van der Waals surface area contributed by atoms with Crippen LogP contribution >= 0.6 is 0 Å². The predicted octanol–water partition coefficient (Wildman–Crippen LogP) is 16.7. The number of carbonyl (C=O) groups is 2. The number of ether oxygens (including phenoxy) is 1. The van der Waals surface area contributed by atoms with Gasteiger partial charge in [-0.1, -0.05) is 250 Å². The van der Waals surface area contributed by atoms with Gasteiger partial charge in [-0.05, 0) is 57.8 Å². The maximum absolute atomic E-state index is 12.4. The molecule has 0 saturated carbocycles. The Morgan fingerprint density at radius 2 is 0.758 bits per heavy atom. The molecule has 2 unspecified atom stereocenters. The summed E-state index contributed by atoms with van der Waals surface area (Å²) in [5, 5.41) is 23.0. The van der Waals surface area contributed by atoms with Gasteiger partial charge in [0.25, 0.3) is 0 Å². The quantitative estimate of drug-likeness (QED) is 0.0321. The van der Waals surface area contributed by atoms with Crippen LogP contribution in [0.25, 0.3) is 0 Å². The Morgan fingerprint density at radius 3 is 1.15 bits per heavy atom. The number of esters is 1. The number of allylic oxidation sites excluding steroid dienone is 3. The largest absolute Gasteiger partial charge is 0.466 e. The summed E-state index contributed by atoms with van der Waals surface area (Å²) in [5.41, 5.74) is 0. The van der Waals surface area contributed by atoms with Crippen molar-refractivity contribution in [3.8, 4) is 0 Å². The molecule has 0 spiro atoms. The van der Waals surface area contributed by atoms with Crippen LogP contribution in [0.15, 0.2) is 24.3 Å². The lowest BCUT2D eigenvalue weighted by molar-refractivity contribution is -0.143. The first-order valence-electron chi connectivity index (χ1n) is 27.6. The van der Waals surface area contributed by atoms with Crippen molar-refractivity contribution in [2.75, 3.05) is 13.2 Å². The third-order valence-electron chi connectivity index (χ3n) is 12.7. The highest BCUT2D eigenvalue weighted by molar-refractivity contribution is 5.76. The van der Waals surface area contributed by atoms with E-state index in [9.17, 15) is 19.8 Å². The van der Waals surface area contributed by atoms with E-state index in [1.165, 1.54) is 205 Å². The molecular weight excluding hydrogens is 767 g/mol. The highest BCUT2D eigenvalue weighted by Gasteiger charge is 2.18. The van der Waals surface area contributed by atoms with Gasteiger partial charge >= 0.3 is 5.97 Å². The lowest BCUT2D eigenvalue weighted by Gasteiger charge is -2.20. The van der Waals surface area contributed by atoms with Gasteiger partial charge < -0.3 is 20.3 Å². The summed E-state index contributed by atoms with van der Waals surface area (Å²) in [7, 11) is 0. The Labute approximate surface area is 386 Å². The molecule has 0 saturated heterocycles. The monoisotopic (exact) mass is 874 g/mol. The summed E-state index contributed by atoms with van der Waals surface area (Å²) >= 11 is 0. The van der Waals surface area contributed by atoms with Crippen LogP contribution in [-0.2, 0) is 14.3 Å². The molecule has 0 aliphatic carbocycles. The second-order valence-electron chi connectivity index (χ2n) is 18.9. The lowest BCUT2D eigenvalue weighted by Crippen LogP contribution is -2.45. The van der Waals surface area contributed by atoms with Gasteiger partial charge in [0.15, 0.2) is 0 Å². The van der Waals surface area contributed by atoms with Crippen LogP contribution in [-0.4, -0.2) is 47.4 Å². The molecule has 62 heavy (non-hydrogen) atoms. The van der Waals surface area contributed by atoms with Gasteiger partial charge in [-0.25, -0.2) is 0 Å². The van der Waals surface area contributed by atoms with E-state index in [2.05, 4.69) is 31.3 Å². The van der Waals surface area contributed by atoms with E-state index < -0.39 is 12.1 Å². The van der Waals surface area contributed by atoms with Crippen molar-refractivity contribution in [1.29, 1.82) is 0 Å². The zero-order valence-corrected chi connectivity index (χ0v) is 41.6. The maximum Gasteiger partial charge on any atom is 0.305 e. The van der Waals surface area contributed by atoms with Crippen molar-refractivity contribution in [3.63, 3.8) is 0 Å². The second-order valence-corrected chi connectivity index (χ2v) is 18.9. The van der Waals surface area contributed by atoms with Gasteiger partial charge in [-0.3, -0.25) is 9.59 Å². The van der Waals surface area contributed by atoms with Gasteiger partial charge in [0.1, 0.15) is 0 Å². The molecule has 0 aromatic rings. The third-order valence-corrected chi connectivity index (χ3v) is 12.7. The molecule has 3 N–H and O–H groups in total. The van der Waals surface area contributed by atoms with Gasteiger partial charge in [0.2, 0.25) is 5.91 Å². The fourth-order valence-corrected chi connectivity index (χ4v) is 8.45. The zero-order chi connectivity index (χ0) is 45.1. The molecule has 0 aliphatic rings. The molecule has 0 aromatic carbocycles. The van der Waals surface area contributed by atoms with Crippen molar-refractivity contribution in [2.24, 2.45) is 0 Å². The van der Waals surface area contributed by atoms with E-state index in [-0.39, 0.29) is 18.5 Å². The molecule has 0 aromatic heterocycles. The second kappa shape index (κ2) is 52.0. The zero-order valence-electron chi connectivity index (χ0n) is 41.6. The van der Waals surface area contributed by atoms with E-state index in [1.807, 2.05) is 6.08 Å². The van der Waals surface area contributed by atoms with E-state index in [0.29, 0.717) is 19.4 Å². The molecule has 0 bridgehead atoms. The Hall–Kier alpha value is -1.66. The summed E-state index contributed by atoms with van der Waals surface area (Å²) in [6, 6.07) is -0.639. The fourth-order valence-electron chi connectivity index (χ4n) is 8.45. The van der Waals surface area contributed by atoms with E-state index in [1.54, 1.807) is 6.08 Å². The first-order valence-corrected chi connectivity index (χ1v) is 27.6. The Bertz CT molecular complexity index is 966. The number of unbranched alkanes of at least 4 members (excludes halogenated alkanes) is 38. The molecule has 6 nitrogen and oxygen atoms in total.